The first-order chi connectivity index (χ1) is 6.88. The number of ether oxygens (including phenoxy) is 1. The van der Waals surface area contributed by atoms with Crippen LogP contribution in [0.2, 0.25) is 0 Å². The number of hydrogen-bond donors (Lipinski definition) is 1. The van der Waals surface area contributed by atoms with Crippen LogP contribution in [0.4, 0.5) is 18.0 Å². The Bertz CT molecular complexity index is 347. The summed E-state index contributed by atoms with van der Waals surface area (Å²) >= 11 is 0. The molecule has 0 unspecified atom stereocenters. The van der Waals surface area contributed by atoms with Crippen molar-refractivity contribution in [2.24, 2.45) is 0 Å². The van der Waals surface area contributed by atoms with Gasteiger partial charge in [0.2, 0.25) is 5.88 Å². The Morgan fingerprint density at radius 2 is 2.27 bits per heavy atom. The van der Waals surface area contributed by atoms with E-state index in [0.717, 1.165) is 6.20 Å². The van der Waals surface area contributed by atoms with E-state index in [9.17, 15) is 18.0 Å². The Labute approximate surface area is 82.1 Å². The topological polar surface area (TPSA) is 64.3 Å². The van der Waals surface area contributed by atoms with Crippen molar-refractivity contribution in [1.82, 2.24) is 9.78 Å². The monoisotopic (exact) mass is 224 g/mol. The largest absolute Gasteiger partial charge is 0.476 e. The molecule has 5 nitrogen and oxygen atoms in total. The van der Waals surface area contributed by atoms with Crippen LogP contribution in [0.15, 0.2) is 12.3 Å². The molecule has 0 saturated heterocycles. The van der Waals surface area contributed by atoms with Gasteiger partial charge >= 0.3 is 12.3 Å². The summed E-state index contributed by atoms with van der Waals surface area (Å²) in [7, 11) is 0. The zero-order valence-corrected chi connectivity index (χ0v) is 7.36. The highest BCUT2D eigenvalue weighted by molar-refractivity contribution is 5.66. The average Bonchev–Trinajstić information content (AvgIpc) is 2.50. The molecule has 1 heterocycles. The van der Waals surface area contributed by atoms with Crippen LogP contribution in [0.1, 0.15) is 6.42 Å². The van der Waals surface area contributed by atoms with E-state index in [2.05, 4.69) is 9.84 Å². The highest BCUT2D eigenvalue weighted by Crippen LogP contribution is 2.19. The molecule has 0 aliphatic heterocycles. The number of hydrogen-bond acceptors (Lipinski definition) is 3. The summed E-state index contributed by atoms with van der Waals surface area (Å²) in [5.41, 5.74) is 0. The van der Waals surface area contributed by atoms with Gasteiger partial charge in [0, 0.05) is 12.3 Å². The van der Waals surface area contributed by atoms with Gasteiger partial charge in [-0.1, -0.05) is 0 Å². The molecule has 84 valence electrons. The second-order valence-corrected chi connectivity index (χ2v) is 2.59. The minimum absolute atomic E-state index is 0.151. The molecule has 0 spiro atoms. The third kappa shape index (κ3) is 3.88. The normalized spacial score (nSPS) is 11.4. The molecule has 1 aromatic heterocycles. The summed E-state index contributed by atoms with van der Waals surface area (Å²) in [6.07, 6.45) is -5.66. The lowest BCUT2D eigenvalue weighted by Crippen LogP contribution is -2.13. The Morgan fingerprint density at radius 3 is 2.73 bits per heavy atom. The maximum Gasteiger partial charge on any atom is 0.432 e. The second kappa shape index (κ2) is 4.20. The van der Waals surface area contributed by atoms with Gasteiger partial charge in [0.15, 0.2) is 0 Å². The van der Waals surface area contributed by atoms with Gasteiger partial charge in [-0.3, -0.25) is 0 Å². The lowest BCUT2D eigenvalue weighted by atomic mass is 10.4. The van der Waals surface area contributed by atoms with E-state index in [0.29, 0.717) is 4.68 Å². The van der Waals surface area contributed by atoms with Crippen LogP contribution in [0.5, 0.6) is 5.88 Å². The van der Waals surface area contributed by atoms with E-state index in [1.54, 1.807) is 0 Å². The molecule has 1 N–H and O–H groups in total. The molecule has 15 heavy (non-hydrogen) atoms. The molecule has 0 aromatic carbocycles. The second-order valence-electron chi connectivity index (χ2n) is 2.59. The van der Waals surface area contributed by atoms with Crippen molar-refractivity contribution in [2.45, 2.75) is 12.6 Å². The van der Waals surface area contributed by atoms with Crippen LogP contribution in [0.25, 0.3) is 0 Å². The predicted molar refractivity (Wildman–Crippen MR) is 41.8 cm³/mol. The van der Waals surface area contributed by atoms with Gasteiger partial charge in [0.05, 0.1) is 13.0 Å². The van der Waals surface area contributed by atoms with Crippen LogP contribution in [0.3, 0.4) is 0 Å². The lowest BCUT2D eigenvalue weighted by Gasteiger charge is -2.05. The zero-order chi connectivity index (χ0) is 11.5. The smallest absolute Gasteiger partial charge is 0.432 e. The SMILES string of the molecule is O=C(O)n1ccc(OCCC(F)(F)F)n1. The van der Waals surface area contributed by atoms with Crippen LogP contribution in [0, 0.1) is 0 Å². The molecule has 0 aliphatic carbocycles. The van der Waals surface area contributed by atoms with E-state index in [1.165, 1.54) is 6.07 Å². The zero-order valence-electron chi connectivity index (χ0n) is 7.36. The van der Waals surface area contributed by atoms with Crippen molar-refractivity contribution in [3.05, 3.63) is 12.3 Å². The molecule has 8 heteroatoms. The highest BCUT2D eigenvalue weighted by atomic mass is 19.4. The third-order valence-electron chi connectivity index (χ3n) is 1.40. The number of aromatic nitrogens is 2. The van der Waals surface area contributed by atoms with E-state index in [-0.39, 0.29) is 5.88 Å². The first-order valence-electron chi connectivity index (χ1n) is 3.87. The number of carbonyl (C=O) groups is 1. The number of rotatable bonds is 3. The molecule has 0 radical (unpaired) electrons. The maximum atomic E-state index is 11.7. The number of carboxylic acid groups (broad SMARTS) is 1. The predicted octanol–water partition coefficient (Wildman–Crippen LogP) is 1.74. The van der Waals surface area contributed by atoms with E-state index in [4.69, 9.17) is 5.11 Å². The summed E-state index contributed by atoms with van der Waals surface area (Å²) in [6.45, 7) is -0.583. The quantitative estimate of drug-likeness (QED) is 0.849. The Kier molecular flexibility index (Phi) is 3.17. The fourth-order valence-electron chi connectivity index (χ4n) is 0.762. The molecule has 0 atom stereocenters. The molecule has 0 aliphatic rings. The Balaban J connectivity index is 2.41. The summed E-state index contributed by atoms with van der Waals surface area (Å²) in [5.74, 6) is -0.151. The molecule has 1 rings (SSSR count). The molecular weight excluding hydrogens is 217 g/mol. The summed E-state index contributed by atoms with van der Waals surface area (Å²) in [5, 5.41) is 11.8. The first kappa shape index (κ1) is 11.3. The first-order valence-corrected chi connectivity index (χ1v) is 3.87. The minimum atomic E-state index is -4.30. The van der Waals surface area contributed by atoms with Gasteiger partial charge in [-0.25, -0.2) is 4.79 Å². The van der Waals surface area contributed by atoms with Gasteiger partial charge in [0.1, 0.15) is 0 Å². The summed E-state index contributed by atoms with van der Waals surface area (Å²) in [4.78, 5) is 10.3. The van der Waals surface area contributed by atoms with E-state index >= 15 is 0 Å². The number of nitrogens with zero attached hydrogens (tertiary/aromatic N) is 2. The fraction of sp³-hybridized carbons (Fsp3) is 0.429. The van der Waals surface area contributed by atoms with Crippen molar-refractivity contribution < 1.29 is 27.8 Å². The lowest BCUT2D eigenvalue weighted by molar-refractivity contribution is -0.139. The van der Waals surface area contributed by atoms with E-state index < -0.39 is 25.3 Å². The van der Waals surface area contributed by atoms with Gasteiger partial charge in [-0.2, -0.15) is 17.9 Å². The number of alkyl halides is 3. The average molecular weight is 224 g/mol. The standard InChI is InChI=1S/C7H7F3N2O3/c8-7(9,10)2-4-15-5-1-3-12(11-5)6(13)14/h1,3H,2,4H2,(H,13,14). The van der Waals surface area contributed by atoms with Crippen LogP contribution in [-0.4, -0.2) is 33.8 Å². The van der Waals surface area contributed by atoms with Crippen molar-refractivity contribution in [2.75, 3.05) is 6.61 Å². The number of halogens is 3. The molecule has 0 bridgehead atoms. The van der Waals surface area contributed by atoms with E-state index in [1.807, 2.05) is 0 Å². The molecule has 0 amide bonds. The highest BCUT2D eigenvalue weighted by Gasteiger charge is 2.27. The maximum absolute atomic E-state index is 11.7. The van der Waals surface area contributed by atoms with Crippen molar-refractivity contribution in [3.8, 4) is 5.88 Å². The van der Waals surface area contributed by atoms with Gasteiger partial charge in [0.25, 0.3) is 0 Å². The van der Waals surface area contributed by atoms with Gasteiger partial charge in [-0.05, 0) is 0 Å². The third-order valence-corrected chi connectivity index (χ3v) is 1.40. The van der Waals surface area contributed by atoms with Crippen LogP contribution >= 0.6 is 0 Å². The van der Waals surface area contributed by atoms with Crippen molar-refractivity contribution in [3.63, 3.8) is 0 Å². The van der Waals surface area contributed by atoms with Crippen LogP contribution in [-0.2, 0) is 0 Å². The molecule has 0 saturated carbocycles. The molecule has 0 fully saturated rings. The Morgan fingerprint density at radius 1 is 1.60 bits per heavy atom. The van der Waals surface area contributed by atoms with Gasteiger partial charge < -0.3 is 9.84 Å². The van der Waals surface area contributed by atoms with Gasteiger partial charge in [-0.15, -0.1) is 5.10 Å². The Hall–Kier alpha value is -1.73. The van der Waals surface area contributed by atoms with Crippen molar-refractivity contribution in [1.29, 1.82) is 0 Å². The summed E-state index contributed by atoms with van der Waals surface area (Å²) in [6, 6.07) is 1.17. The molecule has 1 aromatic rings. The summed E-state index contributed by atoms with van der Waals surface area (Å²) < 4.78 is 40.2. The fourth-order valence-corrected chi connectivity index (χ4v) is 0.762. The minimum Gasteiger partial charge on any atom is -0.476 e. The van der Waals surface area contributed by atoms with Crippen LogP contribution < -0.4 is 4.74 Å². The van der Waals surface area contributed by atoms with Crippen molar-refractivity contribution >= 4 is 6.09 Å². The molecular formula is C7H7F3N2O3.